The lowest BCUT2D eigenvalue weighted by Crippen LogP contribution is -2.42. The number of ether oxygens (including phenoxy) is 2. The predicted octanol–water partition coefficient (Wildman–Crippen LogP) is 3.26. The summed E-state index contributed by atoms with van der Waals surface area (Å²) in [4.78, 5) is 19.0. The Labute approximate surface area is 154 Å². The Morgan fingerprint density at radius 3 is 2.92 bits per heavy atom. The molecule has 2 aromatic rings. The summed E-state index contributed by atoms with van der Waals surface area (Å²) in [6.45, 7) is 5.82. The van der Waals surface area contributed by atoms with Gasteiger partial charge < -0.3 is 18.9 Å². The third kappa shape index (κ3) is 4.18. The number of methoxy groups -OCH3 is 1. The lowest BCUT2D eigenvalue weighted by Gasteiger charge is -2.33. The molecule has 1 aromatic carbocycles. The van der Waals surface area contributed by atoms with E-state index in [0.29, 0.717) is 24.1 Å². The Bertz CT molecular complexity index is 741. The molecule has 0 bridgehead atoms. The van der Waals surface area contributed by atoms with E-state index in [1.807, 2.05) is 35.5 Å². The van der Waals surface area contributed by atoms with Crippen molar-refractivity contribution >= 4 is 5.91 Å². The summed E-state index contributed by atoms with van der Waals surface area (Å²) in [5.74, 6) is 2.73. The van der Waals surface area contributed by atoms with Gasteiger partial charge in [-0.2, -0.15) is 0 Å². The third-order valence-electron chi connectivity index (χ3n) is 4.80. The van der Waals surface area contributed by atoms with Crippen LogP contribution in [0.3, 0.4) is 0 Å². The summed E-state index contributed by atoms with van der Waals surface area (Å²) >= 11 is 0. The van der Waals surface area contributed by atoms with Gasteiger partial charge in [0.15, 0.2) is 6.61 Å². The molecule has 0 N–H and O–H groups in total. The lowest BCUT2D eigenvalue weighted by atomic mass is 9.97. The summed E-state index contributed by atoms with van der Waals surface area (Å²) in [6, 6.07) is 7.68. The standard InChI is InChI=1S/C20H27N3O3/c1-15(2)23-11-9-21-20(23)16-6-5-10-22(13-16)19(24)14-26-18-8-4-7-17(12-18)25-3/h4,7-9,11-12,15-16H,5-6,10,13-14H2,1-3H3. The predicted molar refractivity (Wildman–Crippen MR) is 99.7 cm³/mol. The van der Waals surface area contributed by atoms with Gasteiger partial charge in [-0.05, 0) is 38.8 Å². The number of piperidine rings is 1. The molecular weight excluding hydrogens is 330 g/mol. The summed E-state index contributed by atoms with van der Waals surface area (Å²) in [5, 5.41) is 0. The fraction of sp³-hybridized carbons (Fsp3) is 0.500. The Balaban J connectivity index is 1.60. The summed E-state index contributed by atoms with van der Waals surface area (Å²) in [6.07, 6.45) is 5.92. The molecule has 1 aromatic heterocycles. The Morgan fingerprint density at radius 1 is 1.35 bits per heavy atom. The second-order valence-corrected chi connectivity index (χ2v) is 6.93. The number of carbonyl (C=O) groups excluding carboxylic acids is 1. The normalized spacial score (nSPS) is 17.4. The highest BCUT2D eigenvalue weighted by Gasteiger charge is 2.28. The Kier molecular flexibility index (Phi) is 5.81. The van der Waals surface area contributed by atoms with Crippen LogP contribution in [0.25, 0.3) is 0 Å². The Hall–Kier alpha value is -2.50. The molecule has 1 amide bonds. The van der Waals surface area contributed by atoms with Crippen molar-refractivity contribution in [2.75, 3.05) is 26.8 Å². The first-order valence-corrected chi connectivity index (χ1v) is 9.16. The quantitative estimate of drug-likeness (QED) is 0.796. The molecule has 2 heterocycles. The number of hydrogen-bond donors (Lipinski definition) is 0. The first kappa shape index (κ1) is 18.3. The van der Waals surface area contributed by atoms with E-state index in [1.54, 1.807) is 13.2 Å². The molecular formula is C20H27N3O3. The van der Waals surface area contributed by atoms with Gasteiger partial charge in [-0.15, -0.1) is 0 Å². The average Bonchev–Trinajstić information content (AvgIpc) is 3.16. The number of amides is 1. The van der Waals surface area contributed by atoms with Gasteiger partial charge >= 0.3 is 0 Å². The van der Waals surface area contributed by atoms with Gasteiger partial charge in [0, 0.05) is 43.5 Å². The molecule has 0 spiro atoms. The van der Waals surface area contributed by atoms with Crippen LogP contribution in [0.15, 0.2) is 36.7 Å². The number of aromatic nitrogens is 2. The first-order chi connectivity index (χ1) is 12.6. The van der Waals surface area contributed by atoms with Gasteiger partial charge in [-0.3, -0.25) is 4.79 Å². The van der Waals surface area contributed by atoms with E-state index in [1.165, 1.54) is 0 Å². The Morgan fingerprint density at radius 2 is 2.15 bits per heavy atom. The van der Waals surface area contributed by atoms with Gasteiger partial charge in [0.1, 0.15) is 17.3 Å². The van der Waals surface area contributed by atoms with Crippen LogP contribution in [0.4, 0.5) is 0 Å². The zero-order valence-electron chi connectivity index (χ0n) is 15.7. The monoisotopic (exact) mass is 357 g/mol. The van der Waals surface area contributed by atoms with Crippen LogP contribution in [-0.4, -0.2) is 47.2 Å². The zero-order valence-corrected chi connectivity index (χ0v) is 15.7. The highest BCUT2D eigenvalue weighted by molar-refractivity contribution is 5.78. The maximum absolute atomic E-state index is 12.6. The molecule has 26 heavy (non-hydrogen) atoms. The van der Waals surface area contributed by atoms with Crippen molar-refractivity contribution in [2.45, 2.75) is 38.6 Å². The minimum Gasteiger partial charge on any atom is -0.497 e. The maximum Gasteiger partial charge on any atom is 0.260 e. The van der Waals surface area contributed by atoms with E-state index < -0.39 is 0 Å². The van der Waals surface area contributed by atoms with Crippen LogP contribution in [0.2, 0.25) is 0 Å². The van der Waals surface area contributed by atoms with Crippen LogP contribution < -0.4 is 9.47 Å². The fourth-order valence-corrected chi connectivity index (χ4v) is 3.42. The molecule has 0 radical (unpaired) electrons. The van der Waals surface area contributed by atoms with Crippen LogP contribution in [0.1, 0.15) is 44.5 Å². The van der Waals surface area contributed by atoms with Crippen LogP contribution in [0, 0.1) is 0 Å². The molecule has 1 aliphatic heterocycles. The number of benzene rings is 1. The maximum atomic E-state index is 12.6. The molecule has 0 saturated carbocycles. The molecule has 1 fully saturated rings. The topological polar surface area (TPSA) is 56.6 Å². The van der Waals surface area contributed by atoms with Crippen molar-refractivity contribution in [2.24, 2.45) is 0 Å². The van der Waals surface area contributed by atoms with E-state index in [-0.39, 0.29) is 18.4 Å². The summed E-state index contributed by atoms with van der Waals surface area (Å²) < 4.78 is 13.0. The molecule has 1 unspecified atom stereocenters. The van der Waals surface area contributed by atoms with Crippen LogP contribution in [0.5, 0.6) is 11.5 Å². The smallest absolute Gasteiger partial charge is 0.260 e. The summed E-state index contributed by atoms with van der Waals surface area (Å²) in [5.41, 5.74) is 0. The van der Waals surface area contributed by atoms with Crippen molar-refractivity contribution < 1.29 is 14.3 Å². The van der Waals surface area contributed by atoms with Gasteiger partial charge in [0.05, 0.1) is 7.11 Å². The number of carbonyl (C=O) groups is 1. The highest BCUT2D eigenvalue weighted by Crippen LogP contribution is 2.27. The van der Waals surface area contributed by atoms with Crippen molar-refractivity contribution in [1.29, 1.82) is 0 Å². The number of imidazole rings is 1. The SMILES string of the molecule is COc1cccc(OCC(=O)N2CCCC(c3nccn3C(C)C)C2)c1. The first-order valence-electron chi connectivity index (χ1n) is 9.16. The zero-order chi connectivity index (χ0) is 18.5. The molecule has 6 nitrogen and oxygen atoms in total. The largest absolute Gasteiger partial charge is 0.497 e. The van der Waals surface area contributed by atoms with Crippen molar-refractivity contribution in [3.05, 3.63) is 42.5 Å². The second-order valence-electron chi connectivity index (χ2n) is 6.93. The molecule has 0 aliphatic carbocycles. The molecule has 140 valence electrons. The fourth-order valence-electron chi connectivity index (χ4n) is 3.42. The minimum atomic E-state index is 0.0140. The number of rotatable bonds is 6. The molecule has 1 aliphatic rings. The minimum absolute atomic E-state index is 0.0140. The molecule has 1 atom stereocenters. The van der Waals surface area contributed by atoms with Crippen LogP contribution >= 0.6 is 0 Å². The molecule has 3 rings (SSSR count). The third-order valence-corrected chi connectivity index (χ3v) is 4.80. The molecule has 1 saturated heterocycles. The van der Waals surface area contributed by atoms with Gasteiger partial charge in [0.2, 0.25) is 0 Å². The van der Waals surface area contributed by atoms with Crippen molar-refractivity contribution in [3.8, 4) is 11.5 Å². The van der Waals surface area contributed by atoms with Crippen LogP contribution in [-0.2, 0) is 4.79 Å². The van der Waals surface area contributed by atoms with E-state index in [9.17, 15) is 4.79 Å². The number of nitrogens with zero attached hydrogens (tertiary/aromatic N) is 3. The van der Waals surface area contributed by atoms with Crippen molar-refractivity contribution in [3.63, 3.8) is 0 Å². The van der Waals surface area contributed by atoms with E-state index in [4.69, 9.17) is 9.47 Å². The van der Waals surface area contributed by atoms with Gasteiger partial charge in [0.25, 0.3) is 5.91 Å². The van der Waals surface area contributed by atoms with Gasteiger partial charge in [-0.25, -0.2) is 4.98 Å². The average molecular weight is 357 g/mol. The van der Waals surface area contributed by atoms with Gasteiger partial charge in [-0.1, -0.05) is 6.07 Å². The highest BCUT2D eigenvalue weighted by atomic mass is 16.5. The second kappa shape index (κ2) is 8.25. The molecule has 6 heteroatoms. The summed E-state index contributed by atoms with van der Waals surface area (Å²) in [7, 11) is 1.61. The van der Waals surface area contributed by atoms with E-state index in [2.05, 4.69) is 23.4 Å². The number of hydrogen-bond acceptors (Lipinski definition) is 4. The van der Waals surface area contributed by atoms with E-state index >= 15 is 0 Å². The lowest BCUT2D eigenvalue weighted by molar-refractivity contribution is -0.134. The van der Waals surface area contributed by atoms with Crippen molar-refractivity contribution in [1.82, 2.24) is 14.5 Å². The number of likely N-dealkylation sites (tertiary alicyclic amines) is 1. The van der Waals surface area contributed by atoms with E-state index in [0.717, 1.165) is 25.2 Å².